The summed E-state index contributed by atoms with van der Waals surface area (Å²) in [7, 11) is 0. The maximum Gasteiger partial charge on any atom is 0.261 e. The number of ether oxygens (including phenoxy) is 1. The molecule has 0 heterocycles. The lowest BCUT2D eigenvalue weighted by molar-refractivity contribution is -0.143. The molecule has 184 valence electrons. The molecular formula is C28H30ClFN2O3. The van der Waals surface area contributed by atoms with Crippen molar-refractivity contribution in [3.8, 4) is 5.75 Å². The van der Waals surface area contributed by atoms with Crippen LogP contribution in [0.4, 0.5) is 4.39 Å². The highest BCUT2D eigenvalue weighted by molar-refractivity contribution is 6.30. The Morgan fingerprint density at radius 2 is 1.74 bits per heavy atom. The highest BCUT2D eigenvalue weighted by Crippen LogP contribution is 2.20. The van der Waals surface area contributed by atoms with Crippen LogP contribution >= 0.6 is 11.6 Å². The minimum absolute atomic E-state index is 0.0736. The molecule has 3 aromatic rings. The molecule has 1 N–H and O–H groups in total. The van der Waals surface area contributed by atoms with E-state index in [0.29, 0.717) is 16.3 Å². The Balaban J connectivity index is 1.92. The number of halogens is 2. The second kappa shape index (κ2) is 12.9. The van der Waals surface area contributed by atoms with E-state index >= 15 is 0 Å². The summed E-state index contributed by atoms with van der Waals surface area (Å²) in [5.41, 5.74) is 1.21. The molecule has 0 saturated heterocycles. The van der Waals surface area contributed by atoms with Gasteiger partial charge >= 0.3 is 0 Å². The molecule has 2 atom stereocenters. The van der Waals surface area contributed by atoms with E-state index in [1.54, 1.807) is 42.5 Å². The van der Waals surface area contributed by atoms with E-state index in [1.165, 1.54) is 11.0 Å². The van der Waals surface area contributed by atoms with Crippen LogP contribution in [0.15, 0.2) is 78.9 Å². The standard InChI is InChI=1S/C28H30ClFN2O3/c1-3-20(2)31-28(34)26(16-21-10-5-4-6-11-21)32(18-22-12-7-8-15-25(22)30)27(33)19-35-24-14-9-13-23(29)17-24/h4-15,17,20,26H,3,16,18-19H2,1-2H3,(H,31,34)/t20-,26-/m1/s1. The first-order chi connectivity index (χ1) is 16.9. The average Bonchev–Trinajstić information content (AvgIpc) is 2.86. The molecule has 0 aliphatic rings. The van der Waals surface area contributed by atoms with E-state index in [4.69, 9.17) is 16.3 Å². The first-order valence-corrected chi connectivity index (χ1v) is 12.0. The second-order valence-corrected chi connectivity index (χ2v) is 8.82. The van der Waals surface area contributed by atoms with Crippen molar-refractivity contribution in [2.75, 3.05) is 6.61 Å². The largest absolute Gasteiger partial charge is 0.484 e. The van der Waals surface area contributed by atoms with Gasteiger partial charge in [0.2, 0.25) is 5.91 Å². The number of amides is 2. The number of carbonyl (C=O) groups excluding carboxylic acids is 2. The summed E-state index contributed by atoms with van der Waals surface area (Å²) in [6.07, 6.45) is 1.02. The fourth-order valence-electron chi connectivity index (χ4n) is 3.59. The Hall–Kier alpha value is -3.38. The maximum atomic E-state index is 14.6. The Kier molecular flexibility index (Phi) is 9.67. The molecule has 0 aliphatic heterocycles. The van der Waals surface area contributed by atoms with Crippen molar-refractivity contribution in [1.82, 2.24) is 10.2 Å². The Labute approximate surface area is 210 Å². The Morgan fingerprint density at radius 1 is 1.03 bits per heavy atom. The third kappa shape index (κ3) is 7.82. The molecule has 0 radical (unpaired) electrons. The van der Waals surface area contributed by atoms with Gasteiger partial charge in [-0.05, 0) is 43.2 Å². The number of hydrogen-bond donors (Lipinski definition) is 1. The summed E-state index contributed by atoms with van der Waals surface area (Å²) in [6, 6.07) is 21.5. The van der Waals surface area contributed by atoms with Crippen LogP contribution in [0, 0.1) is 5.82 Å². The van der Waals surface area contributed by atoms with Gasteiger partial charge in [-0.1, -0.05) is 73.1 Å². The topological polar surface area (TPSA) is 58.6 Å². The normalized spacial score (nSPS) is 12.5. The summed E-state index contributed by atoms with van der Waals surface area (Å²) >= 11 is 6.02. The number of hydrogen-bond acceptors (Lipinski definition) is 3. The first-order valence-electron chi connectivity index (χ1n) is 11.6. The molecule has 3 rings (SSSR count). The van der Waals surface area contributed by atoms with Gasteiger partial charge in [-0.15, -0.1) is 0 Å². The molecule has 0 unspecified atom stereocenters. The zero-order valence-electron chi connectivity index (χ0n) is 19.9. The molecule has 0 saturated carbocycles. The fraction of sp³-hybridized carbons (Fsp3) is 0.286. The van der Waals surface area contributed by atoms with Gasteiger partial charge in [0.15, 0.2) is 6.61 Å². The van der Waals surface area contributed by atoms with Crippen molar-refractivity contribution in [2.45, 2.75) is 45.3 Å². The van der Waals surface area contributed by atoms with Crippen molar-refractivity contribution in [3.63, 3.8) is 0 Å². The smallest absolute Gasteiger partial charge is 0.261 e. The lowest BCUT2D eigenvalue weighted by Gasteiger charge is -2.32. The highest BCUT2D eigenvalue weighted by atomic mass is 35.5. The van der Waals surface area contributed by atoms with Crippen molar-refractivity contribution in [2.24, 2.45) is 0 Å². The number of nitrogens with zero attached hydrogens (tertiary/aromatic N) is 1. The van der Waals surface area contributed by atoms with E-state index in [1.807, 2.05) is 44.2 Å². The van der Waals surface area contributed by atoms with Gasteiger partial charge in [-0.3, -0.25) is 9.59 Å². The lowest BCUT2D eigenvalue weighted by atomic mass is 10.0. The highest BCUT2D eigenvalue weighted by Gasteiger charge is 2.31. The van der Waals surface area contributed by atoms with Crippen molar-refractivity contribution >= 4 is 23.4 Å². The van der Waals surface area contributed by atoms with Crippen molar-refractivity contribution in [3.05, 3.63) is 101 Å². The molecule has 0 aliphatic carbocycles. The van der Waals surface area contributed by atoms with Crippen LogP contribution in [0.1, 0.15) is 31.4 Å². The van der Waals surface area contributed by atoms with Gasteiger partial charge in [0.05, 0.1) is 0 Å². The van der Waals surface area contributed by atoms with Gasteiger partial charge in [-0.2, -0.15) is 0 Å². The predicted octanol–water partition coefficient (Wildman–Crippen LogP) is 5.41. The van der Waals surface area contributed by atoms with Crippen LogP contribution in [0.25, 0.3) is 0 Å². The minimum Gasteiger partial charge on any atom is -0.484 e. The van der Waals surface area contributed by atoms with Gasteiger partial charge in [0.25, 0.3) is 5.91 Å². The van der Waals surface area contributed by atoms with E-state index < -0.39 is 17.8 Å². The summed E-state index contributed by atoms with van der Waals surface area (Å²) in [6.45, 7) is 3.48. The zero-order valence-corrected chi connectivity index (χ0v) is 20.7. The Morgan fingerprint density at radius 3 is 2.43 bits per heavy atom. The monoisotopic (exact) mass is 496 g/mol. The van der Waals surface area contributed by atoms with Crippen LogP contribution < -0.4 is 10.1 Å². The van der Waals surface area contributed by atoms with E-state index in [9.17, 15) is 14.0 Å². The number of benzene rings is 3. The molecule has 3 aromatic carbocycles. The lowest BCUT2D eigenvalue weighted by Crippen LogP contribution is -2.53. The molecule has 0 fully saturated rings. The van der Waals surface area contributed by atoms with Crippen LogP contribution in [0.2, 0.25) is 5.02 Å². The van der Waals surface area contributed by atoms with Gasteiger partial charge in [0.1, 0.15) is 17.6 Å². The van der Waals surface area contributed by atoms with Gasteiger partial charge in [-0.25, -0.2) is 4.39 Å². The quantitative estimate of drug-likeness (QED) is 0.386. The average molecular weight is 497 g/mol. The zero-order chi connectivity index (χ0) is 25.2. The molecule has 5 nitrogen and oxygen atoms in total. The molecule has 0 spiro atoms. The number of rotatable bonds is 11. The summed E-state index contributed by atoms with van der Waals surface area (Å²) in [5.74, 6) is -0.744. The third-order valence-corrected chi connectivity index (χ3v) is 5.96. The molecule has 2 amide bonds. The molecule has 0 aromatic heterocycles. The predicted molar refractivity (Wildman–Crippen MR) is 136 cm³/mol. The van der Waals surface area contributed by atoms with Crippen LogP contribution in [0.3, 0.4) is 0 Å². The first kappa shape index (κ1) is 26.2. The van der Waals surface area contributed by atoms with Crippen LogP contribution in [0.5, 0.6) is 5.75 Å². The molecular weight excluding hydrogens is 467 g/mol. The van der Waals surface area contributed by atoms with E-state index in [0.717, 1.165) is 12.0 Å². The summed E-state index contributed by atoms with van der Waals surface area (Å²) in [4.78, 5) is 28.3. The second-order valence-electron chi connectivity index (χ2n) is 8.38. The van der Waals surface area contributed by atoms with Crippen molar-refractivity contribution in [1.29, 1.82) is 0 Å². The number of nitrogens with one attached hydrogen (secondary N) is 1. The van der Waals surface area contributed by atoms with Gasteiger partial charge in [0, 0.05) is 29.6 Å². The molecule has 7 heteroatoms. The molecule has 0 bridgehead atoms. The van der Waals surface area contributed by atoms with Crippen LogP contribution in [-0.2, 0) is 22.6 Å². The SMILES string of the molecule is CC[C@@H](C)NC(=O)[C@@H](Cc1ccccc1)N(Cc1ccccc1F)C(=O)COc1cccc(Cl)c1. The summed E-state index contributed by atoms with van der Waals surface area (Å²) < 4.78 is 20.3. The van der Waals surface area contributed by atoms with E-state index in [-0.39, 0.29) is 31.5 Å². The Bertz CT molecular complexity index is 1130. The fourth-order valence-corrected chi connectivity index (χ4v) is 3.77. The van der Waals surface area contributed by atoms with Crippen molar-refractivity contribution < 1.29 is 18.7 Å². The molecule has 35 heavy (non-hydrogen) atoms. The number of carbonyl (C=O) groups is 2. The minimum atomic E-state index is -0.860. The van der Waals surface area contributed by atoms with E-state index in [2.05, 4.69) is 5.32 Å². The summed E-state index contributed by atoms with van der Waals surface area (Å²) in [5, 5.41) is 3.46. The van der Waals surface area contributed by atoms with Gasteiger partial charge < -0.3 is 15.0 Å². The maximum absolute atomic E-state index is 14.6. The van der Waals surface area contributed by atoms with Crippen LogP contribution in [-0.4, -0.2) is 35.4 Å². The third-order valence-electron chi connectivity index (χ3n) is 5.73.